The molecule has 0 spiro atoms. The molecule has 6 heteroatoms. The number of hydrogen-bond acceptors (Lipinski definition) is 5. The van der Waals surface area contributed by atoms with Crippen molar-refractivity contribution in [3.8, 4) is 5.88 Å². The van der Waals surface area contributed by atoms with Crippen molar-refractivity contribution in [2.24, 2.45) is 12.2 Å². The zero-order valence-electron chi connectivity index (χ0n) is 10.5. The summed E-state index contributed by atoms with van der Waals surface area (Å²) in [7, 11) is 1.73. The summed E-state index contributed by atoms with van der Waals surface area (Å²) in [6.07, 6.45) is 0.817. The van der Waals surface area contributed by atoms with E-state index in [2.05, 4.69) is 10.3 Å². The third-order valence-corrected chi connectivity index (χ3v) is 3.65. The van der Waals surface area contributed by atoms with Gasteiger partial charge >= 0.3 is 0 Å². The van der Waals surface area contributed by atoms with E-state index < -0.39 is 0 Å². The minimum Gasteiger partial charge on any atom is -0.493 e. The number of nitrogens with zero attached hydrogens (tertiary/aromatic N) is 3. The predicted molar refractivity (Wildman–Crippen MR) is 68.1 cm³/mol. The maximum atomic E-state index is 9.81. The van der Waals surface area contributed by atoms with Crippen LogP contribution in [0.5, 0.6) is 5.88 Å². The number of aryl methyl sites for hydroxylation is 2. The van der Waals surface area contributed by atoms with Crippen LogP contribution in [0.1, 0.15) is 31.5 Å². The summed E-state index contributed by atoms with van der Waals surface area (Å²) in [5, 5.41) is 19.0. The minimum atomic E-state index is -0.200. The van der Waals surface area contributed by atoms with Crippen molar-refractivity contribution in [3.63, 3.8) is 0 Å². The molecule has 1 aromatic rings. The lowest BCUT2D eigenvalue weighted by molar-refractivity contribution is 0.0123. The first-order valence-corrected chi connectivity index (χ1v) is 6.47. The smallest absolute Gasteiger partial charge is 0.213 e. The van der Waals surface area contributed by atoms with Crippen molar-refractivity contribution in [2.45, 2.75) is 38.5 Å². The first-order valence-electron chi connectivity index (χ1n) is 5.48. The van der Waals surface area contributed by atoms with E-state index in [-0.39, 0.29) is 11.5 Å². The highest BCUT2D eigenvalue weighted by Crippen LogP contribution is 2.31. The molecule has 94 valence electrons. The fourth-order valence-corrected chi connectivity index (χ4v) is 2.88. The number of aromatic nitrogens is 2. The molecular formula is C11H17N3O2S. The molecule has 0 saturated carbocycles. The van der Waals surface area contributed by atoms with Crippen LogP contribution in [0.3, 0.4) is 0 Å². The normalized spacial score (nSPS) is 18.0. The molecule has 0 unspecified atom stereocenters. The molecule has 5 nitrogen and oxygen atoms in total. The molecule has 0 bridgehead atoms. The first-order chi connectivity index (χ1) is 7.89. The Bertz CT molecular complexity index is 466. The largest absolute Gasteiger partial charge is 0.493 e. The van der Waals surface area contributed by atoms with E-state index in [9.17, 15) is 5.11 Å². The monoisotopic (exact) mass is 255 g/mol. The molecule has 2 heterocycles. The summed E-state index contributed by atoms with van der Waals surface area (Å²) >= 11 is 1.59. The fourth-order valence-electron chi connectivity index (χ4n) is 1.69. The van der Waals surface area contributed by atoms with Crippen molar-refractivity contribution in [2.75, 3.05) is 0 Å². The highest BCUT2D eigenvalue weighted by atomic mass is 32.2. The van der Waals surface area contributed by atoms with Crippen molar-refractivity contribution in [1.29, 1.82) is 0 Å². The molecule has 17 heavy (non-hydrogen) atoms. The maximum Gasteiger partial charge on any atom is 0.213 e. The summed E-state index contributed by atoms with van der Waals surface area (Å²) in [5.41, 5.74) is 1.52. The third kappa shape index (κ3) is 2.57. The molecule has 0 amide bonds. The van der Waals surface area contributed by atoms with Crippen LogP contribution in [0.4, 0.5) is 0 Å². The van der Waals surface area contributed by atoms with Crippen molar-refractivity contribution in [1.82, 2.24) is 9.78 Å². The van der Waals surface area contributed by atoms with Crippen LogP contribution in [0, 0.1) is 6.92 Å². The Morgan fingerprint density at radius 2 is 2.24 bits per heavy atom. The SMILES string of the molecule is Cc1nn(C)c(O)c1CSC1=NOC(C)(C)C1. The highest BCUT2D eigenvalue weighted by molar-refractivity contribution is 8.13. The number of oxime groups is 1. The first kappa shape index (κ1) is 12.3. The molecular weight excluding hydrogens is 238 g/mol. The highest BCUT2D eigenvalue weighted by Gasteiger charge is 2.29. The van der Waals surface area contributed by atoms with Gasteiger partial charge in [0.15, 0.2) is 0 Å². The molecule has 0 radical (unpaired) electrons. The second-order valence-corrected chi connectivity index (χ2v) is 5.86. The molecule has 0 aromatic carbocycles. The van der Waals surface area contributed by atoms with E-state index in [1.54, 1.807) is 18.8 Å². The van der Waals surface area contributed by atoms with Crippen LogP contribution in [-0.2, 0) is 17.6 Å². The molecule has 2 rings (SSSR count). The zero-order chi connectivity index (χ0) is 12.6. The van der Waals surface area contributed by atoms with Gasteiger partial charge in [0, 0.05) is 24.8 Å². The minimum absolute atomic E-state index is 0.200. The van der Waals surface area contributed by atoms with Gasteiger partial charge in [0.25, 0.3) is 0 Å². The lowest BCUT2D eigenvalue weighted by atomic mass is 10.1. The van der Waals surface area contributed by atoms with Crippen LogP contribution in [0.25, 0.3) is 0 Å². The van der Waals surface area contributed by atoms with Crippen LogP contribution in [-0.4, -0.2) is 25.5 Å². The summed E-state index contributed by atoms with van der Waals surface area (Å²) in [4.78, 5) is 5.29. The second kappa shape index (κ2) is 4.25. The van der Waals surface area contributed by atoms with E-state index in [1.807, 2.05) is 20.8 Å². The van der Waals surface area contributed by atoms with E-state index in [0.717, 1.165) is 22.7 Å². The van der Waals surface area contributed by atoms with Crippen molar-refractivity contribution >= 4 is 16.8 Å². The van der Waals surface area contributed by atoms with Gasteiger partial charge in [0.1, 0.15) is 10.6 Å². The van der Waals surface area contributed by atoms with E-state index in [0.29, 0.717) is 5.75 Å². The Labute approximate surface area is 105 Å². The predicted octanol–water partition coefficient (Wildman–Crippen LogP) is 2.18. The van der Waals surface area contributed by atoms with Gasteiger partial charge in [0.05, 0.1) is 5.69 Å². The lowest BCUT2D eigenvalue weighted by Crippen LogP contribution is -2.18. The van der Waals surface area contributed by atoms with Crippen molar-refractivity contribution < 1.29 is 9.94 Å². The standard InChI is InChI=1S/C11H17N3O2S/c1-7-8(10(15)14(4)12-7)6-17-9-5-11(2,3)16-13-9/h15H,5-6H2,1-4H3. The van der Waals surface area contributed by atoms with Gasteiger partial charge < -0.3 is 9.94 Å². The van der Waals surface area contributed by atoms with Crippen molar-refractivity contribution in [3.05, 3.63) is 11.3 Å². The van der Waals surface area contributed by atoms with Gasteiger partial charge in [-0.15, -0.1) is 11.8 Å². The summed E-state index contributed by atoms with van der Waals surface area (Å²) in [6.45, 7) is 5.92. The maximum absolute atomic E-state index is 9.81. The van der Waals surface area contributed by atoms with Crippen LogP contribution in [0.2, 0.25) is 0 Å². The topological polar surface area (TPSA) is 59.6 Å². The van der Waals surface area contributed by atoms with E-state index in [4.69, 9.17) is 4.84 Å². The Hall–Kier alpha value is -1.17. The molecule has 1 aliphatic heterocycles. The summed E-state index contributed by atoms with van der Waals surface area (Å²) in [5.74, 6) is 0.901. The Morgan fingerprint density at radius 3 is 2.71 bits per heavy atom. The second-order valence-electron chi connectivity index (χ2n) is 4.81. The van der Waals surface area contributed by atoms with Gasteiger partial charge in [-0.2, -0.15) is 5.10 Å². The summed E-state index contributed by atoms with van der Waals surface area (Å²) in [6, 6.07) is 0. The molecule has 0 saturated heterocycles. The molecule has 0 atom stereocenters. The van der Waals surface area contributed by atoms with Gasteiger partial charge in [0.2, 0.25) is 5.88 Å². The molecule has 0 fully saturated rings. The molecule has 1 N–H and O–H groups in total. The Kier molecular flexibility index (Phi) is 3.07. The van der Waals surface area contributed by atoms with Crippen LogP contribution in [0.15, 0.2) is 5.16 Å². The fraction of sp³-hybridized carbons (Fsp3) is 0.636. The van der Waals surface area contributed by atoms with Gasteiger partial charge in [-0.3, -0.25) is 0 Å². The average Bonchev–Trinajstić information content (AvgIpc) is 2.68. The summed E-state index contributed by atoms with van der Waals surface area (Å²) < 4.78 is 1.49. The van der Waals surface area contributed by atoms with Crippen LogP contribution < -0.4 is 0 Å². The van der Waals surface area contributed by atoms with Crippen LogP contribution >= 0.6 is 11.8 Å². The third-order valence-electron chi connectivity index (χ3n) is 2.67. The van der Waals surface area contributed by atoms with Gasteiger partial charge in [-0.05, 0) is 20.8 Å². The molecule has 1 aliphatic rings. The number of thioether (sulfide) groups is 1. The zero-order valence-corrected chi connectivity index (χ0v) is 11.3. The average molecular weight is 255 g/mol. The Morgan fingerprint density at radius 1 is 1.53 bits per heavy atom. The van der Waals surface area contributed by atoms with E-state index >= 15 is 0 Å². The van der Waals surface area contributed by atoms with E-state index in [1.165, 1.54) is 4.68 Å². The number of hydrogen-bond donors (Lipinski definition) is 1. The lowest BCUT2D eigenvalue weighted by Gasteiger charge is -2.12. The Balaban J connectivity index is 1.99. The van der Waals surface area contributed by atoms with Gasteiger partial charge in [-0.1, -0.05) is 5.16 Å². The molecule has 1 aromatic heterocycles. The van der Waals surface area contributed by atoms with Gasteiger partial charge in [-0.25, -0.2) is 4.68 Å². The number of aromatic hydroxyl groups is 1. The molecule has 0 aliphatic carbocycles. The quantitative estimate of drug-likeness (QED) is 0.880. The number of rotatable bonds is 2.